The number of hydrogen-bond donors (Lipinski definition) is 1. The monoisotopic (exact) mass is 324 g/mol. The van der Waals surface area contributed by atoms with Crippen molar-refractivity contribution in [2.45, 2.75) is 32.6 Å². The summed E-state index contributed by atoms with van der Waals surface area (Å²) < 4.78 is 0. The molecule has 0 aromatic rings. The maximum absolute atomic E-state index is 12.3. The molecule has 2 aliphatic rings. The molecule has 2 aliphatic heterocycles. The van der Waals surface area contributed by atoms with Crippen molar-refractivity contribution in [3.63, 3.8) is 0 Å². The summed E-state index contributed by atoms with van der Waals surface area (Å²) in [6.45, 7) is 7.68. The van der Waals surface area contributed by atoms with E-state index in [9.17, 15) is 9.59 Å². The molecule has 0 unspecified atom stereocenters. The molecule has 2 saturated heterocycles. The number of urea groups is 1. The van der Waals surface area contributed by atoms with Crippen LogP contribution >= 0.6 is 0 Å². The van der Waals surface area contributed by atoms with Crippen LogP contribution in [0.1, 0.15) is 32.6 Å². The van der Waals surface area contributed by atoms with Crippen molar-refractivity contribution in [1.29, 1.82) is 0 Å². The molecule has 3 amide bonds. The Labute approximate surface area is 140 Å². The van der Waals surface area contributed by atoms with Gasteiger partial charge in [0, 0.05) is 46.2 Å². The standard InChI is InChI=1S/C17H32N4O2/c1-14-4-9-20(10-5-14)13-8-18-16(22)15-6-11-21(12-7-15)17(23)19(2)3/h14-15H,4-13H2,1-3H3,(H,18,22). The number of amides is 3. The summed E-state index contributed by atoms with van der Waals surface area (Å²) in [5.41, 5.74) is 0. The van der Waals surface area contributed by atoms with Crippen molar-refractivity contribution in [3.8, 4) is 0 Å². The predicted octanol–water partition coefficient (Wildman–Crippen LogP) is 1.23. The van der Waals surface area contributed by atoms with Crippen LogP contribution in [-0.2, 0) is 4.79 Å². The topological polar surface area (TPSA) is 55.9 Å². The van der Waals surface area contributed by atoms with Gasteiger partial charge in [-0.1, -0.05) is 6.92 Å². The highest BCUT2D eigenvalue weighted by atomic mass is 16.2. The number of carbonyl (C=O) groups excluding carboxylic acids is 2. The quantitative estimate of drug-likeness (QED) is 0.846. The number of hydrogen-bond acceptors (Lipinski definition) is 3. The van der Waals surface area contributed by atoms with E-state index in [4.69, 9.17) is 0 Å². The molecule has 132 valence electrons. The van der Waals surface area contributed by atoms with E-state index in [-0.39, 0.29) is 17.9 Å². The van der Waals surface area contributed by atoms with Gasteiger partial charge in [0.15, 0.2) is 0 Å². The molecular weight excluding hydrogens is 292 g/mol. The maximum Gasteiger partial charge on any atom is 0.319 e. The molecule has 0 radical (unpaired) electrons. The fraction of sp³-hybridized carbons (Fsp3) is 0.882. The molecule has 2 rings (SSSR count). The normalized spacial score (nSPS) is 21.3. The zero-order valence-corrected chi connectivity index (χ0v) is 14.9. The van der Waals surface area contributed by atoms with Crippen molar-refractivity contribution < 1.29 is 9.59 Å². The van der Waals surface area contributed by atoms with E-state index < -0.39 is 0 Å². The smallest absolute Gasteiger partial charge is 0.319 e. The predicted molar refractivity (Wildman–Crippen MR) is 91.2 cm³/mol. The molecule has 0 aliphatic carbocycles. The summed E-state index contributed by atoms with van der Waals surface area (Å²) in [6, 6.07) is 0.0446. The van der Waals surface area contributed by atoms with E-state index in [1.165, 1.54) is 12.8 Å². The molecule has 1 N–H and O–H groups in total. The largest absolute Gasteiger partial charge is 0.355 e. The minimum atomic E-state index is 0.0446. The second kappa shape index (κ2) is 8.52. The van der Waals surface area contributed by atoms with Gasteiger partial charge in [-0.05, 0) is 44.7 Å². The highest BCUT2D eigenvalue weighted by Gasteiger charge is 2.27. The van der Waals surface area contributed by atoms with E-state index in [1.807, 2.05) is 4.90 Å². The molecule has 2 heterocycles. The molecule has 2 fully saturated rings. The summed E-state index contributed by atoms with van der Waals surface area (Å²) in [5, 5.41) is 3.08. The first-order valence-electron chi connectivity index (χ1n) is 8.93. The molecule has 0 aromatic carbocycles. The average molecular weight is 324 g/mol. The van der Waals surface area contributed by atoms with Crippen LogP contribution in [0.3, 0.4) is 0 Å². The fourth-order valence-electron chi connectivity index (χ4n) is 3.38. The SMILES string of the molecule is CC1CCN(CCNC(=O)C2CCN(C(=O)N(C)C)CC2)CC1. The third-order valence-corrected chi connectivity index (χ3v) is 5.12. The molecule has 0 atom stereocenters. The first-order valence-corrected chi connectivity index (χ1v) is 8.93. The lowest BCUT2D eigenvalue weighted by molar-refractivity contribution is -0.126. The Bertz CT molecular complexity index is 397. The van der Waals surface area contributed by atoms with E-state index in [0.717, 1.165) is 44.9 Å². The molecule has 6 nitrogen and oxygen atoms in total. The Morgan fingerprint density at radius 3 is 2.22 bits per heavy atom. The van der Waals surface area contributed by atoms with Gasteiger partial charge in [0.1, 0.15) is 0 Å². The zero-order chi connectivity index (χ0) is 16.8. The number of likely N-dealkylation sites (tertiary alicyclic amines) is 2. The van der Waals surface area contributed by atoms with Crippen molar-refractivity contribution in [1.82, 2.24) is 20.0 Å². The number of piperidine rings is 2. The second-order valence-corrected chi connectivity index (χ2v) is 7.25. The summed E-state index contributed by atoms with van der Waals surface area (Å²) in [6.07, 6.45) is 4.08. The molecular formula is C17H32N4O2. The molecule has 0 spiro atoms. The Morgan fingerprint density at radius 1 is 1.04 bits per heavy atom. The van der Waals surface area contributed by atoms with E-state index >= 15 is 0 Å². The minimum absolute atomic E-state index is 0.0446. The van der Waals surface area contributed by atoms with Crippen molar-refractivity contribution in [2.75, 3.05) is 53.4 Å². The van der Waals surface area contributed by atoms with Gasteiger partial charge >= 0.3 is 6.03 Å². The van der Waals surface area contributed by atoms with Crippen LogP contribution in [0.5, 0.6) is 0 Å². The van der Waals surface area contributed by atoms with Crippen LogP contribution in [0.2, 0.25) is 0 Å². The Kier molecular flexibility index (Phi) is 6.69. The lowest BCUT2D eigenvalue weighted by Gasteiger charge is -2.33. The first-order chi connectivity index (χ1) is 11.0. The van der Waals surface area contributed by atoms with Gasteiger partial charge in [0.25, 0.3) is 0 Å². The third-order valence-electron chi connectivity index (χ3n) is 5.12. The van der Waals surface area contributed by atoms with Crippen molar-refractivity contribution >= 4 is 11.9 Å². The van der Waals surface area contributed by atoms with Gasteiger partial charge in [0.05, 0.1) is 0 Å². The number of carbonyl (C=O) groups is 2. The van der Waals surface area contributed by atoms with Crippen LogP contribution in [-0.4, -0.2) is 80.0 Å². The highest BCUT2D eigenvalue weighted by Crippen LogP contribution is 2.18. The highest BCUT2D eigenvalue weighted by molar-refractivity contribution is 5.79. The van der Waals surface area contributed by atoms with Crippen LogP contribution in [0.15, 0.2) is 0 Å². The Hall–Kier alpha value is -1.30. The van der Waals surface area contributed by atoms with Crippen molar-refractivity contribution in [3.05, 3.63) is 0 Å². The van der Waals surface area contributed by atoms with E-state index in [1.54, 1.807) is 19.0 Å². The Morgan fingerprint density at radius 2 is 1.65 bits per heavy atom. The maximum atomic E-state index is 12.3. The van der Waals surface area contributed by atoms with Gasteiger partial charge in [-0.25, -0.2) is 4.79 Å². The van der Waals surface area contributed by atoms with E-state index in [2.05, 4.69) is 17.1 Å². The summed E-state index contributed by atoms with van der Waals surface area (Å²) in [7, 11) is 3.53. The van der Waals surface area contributed by atoms with Crippen LogP contribution in [0.25, 0.3) is 0 Å². The molecule has 0 bridgehead atoms. The molecule has 0 saturated carbocycles. The lowest BCUT2D eigenvalue weighted by Crippen LogP contribution is -2.47. The van der Waals surface area contributed by atoms with Gasteiger partial charge < -0.3 is 20.0 Å². The number of nitrogens with one attached hydrogen (secondary N) is 1. The average Bonchev–Trinajstić information content (AvgIpc) is 2.56. The van der Waals surface area contributed by atoms with Gasteiger partial charge in [0.2, 0.25) is 5.91 Å². The zero-order valence-electron chi connectivity index (χ0n) is 14.9. The fourth-order valence-corrected chi connectivity index (χ4v) is 3.38. The molecule has 6 heteroatoms. The van der Waals surface area contributed by atoms with Gasteiger partial charge in [-0.3, -0.25) is 4.79 Å². The van der Waals surface area contributed by atoms with E-state index in [0.29, 0.717) is 13.1 Å². The summed E-state index contributed by atoms with van der Waals surface area (Å²) in [5.74, 6) is 1.06. The van der Waals surface area contributed by atoms with Crippen molar-refractivity contribution in [2.24, 2.45) is 11.8 Å². The van der Waals surface area contributed by atoms with Crippen LogP contribution in [0, 0.1) is 11.8 Å². The van der Waals surface area contributed by atoms with Gasteiger partial charge in [-0.2, -0.15) is 0 Å². The number of nitrogens with zero attached hydrogens (tertiary/aromatic N) is 3. The summed E-state index contributed by atoms with van der Waals surface area (Å²) in [4.78, 5) is 30.0. The molecule has 23 heavy (non-hydrogen) atoms. The van der Waals surface area contributed by atoms with Gasteiger partial charge in [-0.15, -0.1) is 0 Å². The minimum Gasteiger partial charge on any atom is -0.355 e. The lowest BCUT2D eigenvalue weighted by atomic mass is 9.96. The second-order valence-electron chi connectivity index (χ2n) is 7.25. The summed E-state index contributed by atoms with van der Waals surface area (Å²) >= 11 is 0. The number of rotatable bonds is 4. The molecule has 0 aromatic heterocycles. The third kappa shape index (κ3) is 5.37. The van der Waals surface area contributed by atoms with Crippen LogP contribution in [0.4, 0.5) is 4.79 Å². The Balaban J connectivity index is 1.62. The first kappa shape index (κ1) is 18.0. The van der Waals surface area contributed by atoms with Crippen LogP contribution < -0.4 is 5.32 Å².